The molecule has 0 heterocycles. The van der Waals surface area contributed by atoms with Gasteiger partial charge >= 0.3 is 35.5 Å². The van der Waals surface area contributed by atoms with Crippen molar-refractivity contribution in [2.24, 2.45) is 0 Å². The third-order valence-corrected chi connectivity index (χ3v) is 1.49. The van der Waals surface area contributed by atoms with Crippen molar-refractivity contribution < 1.29 is 40.9 Å². The minimum absolute atomic E-state index is 0. The van der Waals surface area contributed by atoms with E-state index in [0.717, 1.165) is 5.30 Å². The molecule has 11 heavy (non-hydrogen) atoms. The third-order valence-electron chi connectivity index (χ3n) is 1.13. The summed E-state index contributed by atoms with van der Waals surface area (Å²) in [4.78, 5) is 10.3. The molecule has 2 nitrogen and oxygen atoms in total. The van der Waals surface area contributed by atoms with Gasteiger partial charge in [-0.1, -0.05) is 12.1 Å². The zero-order chi connectivity index (χ0) is 7.56. The molecule has 1 atom stereocenters. The Morgan fingerprint density at radius 1 is 1.55 bits per heavy atom. The van der Waals surface area contributed by atoms with Crippen LogP contribution < -0.4 is 34.9 Å². The molecule has 0 amide bonds. The Morgan fingerprint density at radius 3 is 2.55 bits per heavy atom. The van der Waals surface area contributed by atoms with Crippen molar-refractivity contribution in [1.29, 1.82) is 0 Å². The molecule has 0 aliphatic heterocycles. The van der Waals surface area contributed by atoms with Crippen LogP contribution in [0, 0.1) is 0 Å². The molecule has 0 bridgehead atoms. The van der Waals surface area contributed by atoms with Gasteiger partial charge in [-0.15, -0.1) is 9.24 Å². The number of hydrogen-bond donors (Lipinski definition) is 1. The summed E-state index contributed by atoms with van der Waals surface area (Å²) in [7, 11) is 2.45. The second-order valence-electron chi connectivity index (χ2n) is 1.93. The summed E-state index contributed by atoms with van der Waals surface area (Å²) in [6.07, 6.45) is 0. The number of carboxylic acid groups (broad SMARTS) is 1. The summed E-state index contributed by atoms with van der Waals surface area (Å²) >= 11 is 0. The fourth-order valence-electron chi connectivity index (χ4n) is 0.672. The Hall–Kier alpha value is 0.120. The first-order chi connectivity index (χ1) is 4.70. The van der Waals surface area contributed by atoms with Gasteiger partial charge in [0.2, 0.25) is 0 Å². The predicted octanol–water partition coefficient (Wildman–Crippen LogP) is -2.00. The summed E-state index contributed by atoms with van der Waals surface area (Å²) in [5.41, 5.74) is 0.326. The molecule has 0 aliphatic carbocycles. The molecular weight excluding hydrogens is 170 g/mol. The molecule has 1 unspecified atom stereocenters. The van der Waals surface area contributed by atoms with Gasteiger partial charge in [-0.3, -0.25) is 0 Å². The Kier molecular flexibility index (Phi) is 4.94. The van der Waals surface area contributed by atoms with Gasteiger partial charge in [0, 0.05) is 0 Å². The van der Waals surface area contributed by atoms with E-state index in [1.807, 2.05) is 6.07 Å². The molecule has 0 radical (unpaired) electrons. The number of carbonyl (C=O) groups is 1. The first-order valence-corrected chi connectivity index (χ1v) is 3.37. The molecule has 0 aromatic heterocycles. The number of benzene rings is 1. The standard InChI is InChI=1S/C7H7O2P.Na.H/c8-7(9)5-2-1-3-6(10)4-5;;/h1-4H,10H2,(H,8,9);;/q;+1;-1. The largest absolute Gasteiger partial charge is 1.00 e. The van der Waals surface area contributed by atoms with Gasteiger partial charge in [0.1, 0.15) is 0 Å². The third kappa shape index (κ3) is 3.35. The Balaban J connectivity index is 0. The maximum absolute atomic E-state index is 10.3. The van der Waals surface area contributed by atoms with E-state index in [1.54, 1.807) is 18.2 Å². The molecular formula is C7H8NaO2P. The Morgan fingerprint density at radius 2 is 2.18 bits per heavy atom. The maximum Gasteiger partial charge on any atom is 1.00 e. The smallest absolute Gasteiger partial charge is 1.00 e. The zero-order valence-electron chi connectivity index (χ0n) is 7.24. The Labute approximate surface area is 91.0 Å². The molecule has 1 N–H and O–H groups in total. The van der Waals surface area contributed by atoms with Crippen molar-refractivity contribution in [1.82, 2.24) is 0 Å². The van der Waals surface area contributed by atoms with Gasteiger partial charge in [0.25, 0.3) is 0 Å². The normalized spacial score (nSPS) is 8.45. The number of rotatable bonds is 1. The van der Waals surface area contributed by atoms with Crippen LogP contribution >= 0.6 is 9.24 Å². The summed E-state index contributed by atoms with van der Waals surface area (Å²) in [6, 6.07) is 6.71. The van der Waals surface area contributed by atoms with Crippen LogP contribution in [-0.2, 0) is 0 Å². The second-order valence-corrected chi connectivity index (χ2v) is 2.60. The molecule has 0 aliphatic rings. The van der Waals surface area contributed by atoms with Gasteiger partial charge in [-0.25, -0.2) is 4.79 Å². The van der Waals surface area contributed by atoms with Crippen LogP contribution in [0.5, 0.6) is 0 Å². The molecule has 0 fully saturated rings. The quantitative estimate of drug-likeness (QED) is 0.399. The fraction of sp³-hybridized carbons (Fsp3) is 0. The summed E-state index contributed by atoms with van der Waals surface area (Å²) < 4.78 is 0. The predicted molar refractivity (Wildman–Crippen MR) is 43.9 cm³/mol. The van der Waals surface area contributed by atoms with E-state index in [9.17, 15) is 4.79 Å². The van der Waals surface area contributed by atoms with Crippen LogP contribution in [-0.4, -0.2) is 11.1 Å². The van der Waals surface area contributed by atoms with E-state index >= 15 is 0 Å². The van der Waals surface area contributed by atoms with Crippen LogP contribution in [0.25, 0.3) is 0 Å². The first-order valence-electron chi connectivity index (χ1n) is 2.79. The molecule has 1 aromatic rings. The van der Waals surface area contributed by atoms with Crippen molar-refractivity contribution in [3.63, 3.8) is 0 Å². The van der Waals surface area contributed by atoms with Crippen LogP contribution in [0.4, 0.5) is 0 Å². The molecule has 4 heteroatoms. The van der Waals surface area contributed by atoms with Crippen molar-refractivity contribution in [3.8, 4) is 0 Å². The molecule has 1 aromatic carbocycles. The monoisotopic (exact) mass is 178 g/mol. The van der Waals surface area contributed by atoms with Crippen LogP contribution in [0.2, 0.25) is 0 Å². The summed E-state index contributed by atoms with van der Waals surface area (Å²) in [5.74, 6) is -0.885. The molecule has 0 saturated carbocycles. The molecule has 0 saturated heterocycles. The Bertz CT molecular complexity index is 267. The minimum atomic E-state index is -0.885. The minimum Gasteiger partial charge on any atom is -1.00 e. The average Bonchev–Trinajstić information content (AvgIpc) is 1.88. The number of hydrogen-bond acceptors (Lipinski definition) is 1. The molecule has 54 valence electrons. The van der Waals surface area contributed by atoms with Crippen LogP contribution in [0.1, 0.15) is 11.8 Å². The number of carboxylic acids is 1. The van der Waals surface area contributed by atoms with Crippen molar-refractivity contribution in [2.45, 2.75) is 0 Å². The van der Waals surface area contributed by atoms with E-state index in [2.05, 4.69) is 9.24 Å². The maximum atomic E-state index is 10.3. The summed E-state index contributed by atoms with van der Waals surface area (Å²) in [6.45, 7) is 0. The molecule has 0 spiro atoms. The van der Waals surface area contributed by atoms with E-state index in [-0.39, 0.29) is 31.0 Å². The van der Waals surface area contributed by atoms with Crippen molar-refractivity contribution in [2.75, 3.05) is 0 Å². The fourth-order valence-corrected chi connectivity index (χ4v) is 0.962. The van der Waals surface area contributed by atoms with Gasteiger partial charge < -0.3 is 6.53 Å². The second kappa shape index (κ2) is 4.89. The SMILES string of the molecule is O=C(O)c1cccc(P)c1.[H-].[Na+]. The average molecular weight is 178 g/mol. The van der Waals surface area contributed by atoms with Crippen molar-refractivity contribution in [3.05, 3.63) is 29.8 Å². The topological polar surface area (TPSA) is 37.3 Å². The van der Waals surface area contributed by atoms with Gasteiger partial charge in [-0.05, 0) is 17.4 Å². The van der Waals surface area contributed by atoms with Gasteiger partial charge in [-0.2, -0.15) is 0 Å². The van der Waals surface area contributed by atoms with E-state index in [4.69, 9.17) is 5.11 Å². The summed E-state index contributed by atoms with van der Waals surface area (Å²) in [5, 5.41) is 9.39. The zero-order valence-corrected chi connectivity index (χ0v) is 9.40. The van der Waals surface area contributed by atoms with Crippen LogP contribution in [0.3, 0.4) is 0 Å². The molecule has 1 rings (SSSR count). The van der Waals surface area contributed by atoms with Gasteiger partial charge in [0.15, 0.2) is 0 Å². The van der Waals surface area contributed by atoms with E-state index < -0.39 is 5.97 Å². The van der Waals surface area contributed by atoms with Crippen LogP contribution in [0.15, 0.2) is 24.3 Å². The first kappa shape index (κ1) is 11.1. The number of aromatic carboxylic acids is 1. The van der Waals surface area contributed by atoms with Gasteiger partial charge in [0.05, 0.1) is 5.56 Å². The van der Waals surface area contributed by atoms with E-state index in [1.165, 1.54) is 0 Å². The van der Waals surface area contributed by atoms with E-state index in [0.29, 0.717) is 5.56 Å². The van der Waals surface area contributed by atoms with Crippen molar-refractivity contribution >= 4 is 20.5 Å².